The van der Waals surface area contributed by atoms with Crippen LogP contribution in [-0.2, 0) is 9.84 Å². The number of para-hydroxylation sites is 1. The van der Waals surface area contributed by atoms with Crippen molar-refractivity contribution in [2.75, 3.05) is 25.7 Å². The van der Waals surface area contributed by atoms with Crippen LogP contribution < -0.4 is 10.1 Å². The zero-order valence-corrected chi connectivity index (χ0v) is 11.3. The molecule has 0 aromatic heterocycles. The fourth-order valence-corrected chi connectivity index (χ4v) is 2.67. The molecule has 1 rings (SSSR count). The van der Waals surface area contributed by atoms with Crippen LogP contribution in [0.2, 0.25) is 0 Å². The van der Waals surface area contributed by atoms with Gasteiger partial charge in [0.1, 0.15) is 15.6 Å². The molecule has 0 radical (unpaired) electrons. The second-order valence-corrected chi connectivity index (χ2v) is 6.13. The van der Waals surface area contributed by atoms with Crippen molar-refractivity contribution in [2.45, 2.75) is 13.0 Å². The molecule has 5 heteroatoms. The summed E-state index contributed by atoms with van der Waals surface area (Å²) in [5.41, 5.74) is 0.877. The number of hydrogen-bond acceptors (Lipinski definition) is 4. The minimum absolute atomic E-state index is 0.0706. The van der Waals surface area contributed by atoms with Gasteiger partial charge in [-0.15, -0.1) is 0 Å². The van der Waals surface area contributed by atoms with Crippen LogP contribution in [0.25, 0.3) is 0 Å². The lowest BCUT2D eigenvalue weighted by Gasteiger charge is -2.19. The number of rotatable bonds is 6. The first kappa shape index (κ1) is 14.0. The molecule has 4 nitrogen and oxygen atoms in total. The molecule has 1 aromatic rings. The maximum Gasteiger partial charge on any atom is 0.149 e. The van der Waals surface area contributed by atoms with Crippen LogP contribution in [0.5, 0.6) is 5.75 Å². The largest absolute Gasteiger partial charge is 0.496 e. The molecule has 0 bridgehead atoms. The lowest BCUT2D eigenvalue weighted by atomic mass is 10.1. The van der Waals surface area contributed by atoms with Gasteiger partial charge in [0.05, 0.1) is 12.9 Å². The molecule has 0 heterocycles. The standard InChI is InChI=1S/C12H19NO3S/c1-4-13-11(9-17(3,14)15)10-7-5-6-8-12(10)16-2/h5-8,11,13H,4,9H2,1-3H3. The van der Waals surface area contributed by atoms with E-state index in [0.717, 1.165) is 5.56 Å². The Morgan fingerprint density at radius 3 is 2.53 bits per heavy atom. The Bertz CT molecular complexity index is 457. The summed E-state index contributed by atoms with van der Waals surface area (Å²) in [5.74, 6) is 0.781. The molecule has 0 aliphatic rings. The molecule has 0 aliphatic carbocycles. The summed E-state index contributed by atoms with van der Waals surface area (Å²) in [4.78, 5) is 0. The van der Waals surface area contributed by atoms with Crippen molar-refractivity contribution in [3.05, 3.63) is 29.8 Å². The van der Waals surface area contributed by atoms with Crippen LogP contribution in [0.15, 0.2) is 24.3 Å². The number of sulfone groups is 1. The SMILES string of the molecule is CCNC(CS(C)(=O)=O)c1ccccc1OC. The van der Waals surface area contributed by atoms with Gasteiger partial charge in [-0.25, -0.2) is 8.42 Å². The van der Waals surface area contributed by atoms with E-state index in [1.54, 1.807) is 7.11 Å². The summed E-state index contributed by atoms with van der Waals surface area (Å²) in [6.07, 6.45) is 1.24. The molecule has 1 unspecified atom stereocenters. The summed E-state index contributed by atoms with van der Waals surface area (Å²) in [5, 5.41) is 3.17. The maximum absolute atomic E-state index is 11.4. The van der Waals surface area contributed by atoms with Gasteiger partial charge in [-0.3, -0.25) is 0 Å². The molecule has 1 aromatic carbocycles. The normalized spacial score (nSPS) is 13.4. The molecular weight excluding hydrogens is 238 g/mol. The first-order valence-electron chi connectivity index (χ1n) is 5.52. The Balaban J connectivity index is 3.04. The highest BCUT2D eigenvalue weighted by Crippen LogP contribution is 2.25. The van der Waals surface area contributed by atoms with Gasteiger partial charge in [-0.2, -0.15) is 0 Å². The summed E-state index contributed by atoms with van der Waals surface area (Å²) >= 11 is 0. The molecule has 17 heavy (non-hydrogen) atoms. The van der Waals surface area contributed by atoms with Crippen molar-refractivity contribution in [1.82, 2.24) is 5.32 Å². The van der Waals surface area contributed by atoms with Crippen LogP contribution in [0.1, 0.15) is 18.5 Å². The zero-order valence-electron chi connectivity index (χ0n) is 10.4. The first-order chi connectivity index (χ1) is 7.98. The van der Waals surface area contributed by atoms with Crippen LogP contribution in [0, 0.1) is 0 Å². The molecule has 96 valence electrons. The Labute approximate surface area is 103 Å². The second kappa shape index (κ2) is 6.02. The van der Waals surface area contributed by atoms with E-state index >= 15 is 0 Å². The molecule has 1 atom stereocenters. The number of methoxy groups -OCH3 is 1. The van der Waals surface area contributed by atoms with Crippen LogP contribution in [0.3, 0.4) is 0 Å². The van der Waals surface area contributed by atoms with E-state index < -0.39 is 9.84 Å². The van der Waals surface area contributed by atoms with Gasteiger partial charge >= 0.3 is 0 Å². The highest BCUT2D eigenvalue weighted by atomic mass is 32.2. The Morgan fingerprint density at radius 1 is 1.35 bits per heavy atom. The third kappa shape index (κ3) is 4.36. The Hall–Kier alpha value is -1.07. The fraction of sp³-hybridized carbons (Fsp3) is 0.500. The van der Waals surface area contributed by atoms with Crippen molar-refractivity contribution in [2.24, 2.45) is 0 Å². The van der Waals surface area contributed by atoms with Crippen molar-refractivity contribution >= 4 is 9.84 Å². The zero-order chi connectivity index (χ0) is 12.9. The van der Waals surface area contributed by atoms with E-state index in [4.69, 9.17) is 4.74 Å². The predicted octanol–water partition coefficient (Wildman–Crippen LogP) is 1.39. The van der Waals surface area contributed by atoms with Gasteiger partial charge in [0.2, 0.25) is 0 Å². The van der Waals surface area contributed by atoms with Crippen molar-refractivity contribution in [3.8, 4) is 5.75 Å². The highest BCUT2D eigenvalue weighted by molar-refractivity contribution is 7.90. The second-order valence-electron chi connectivity index (χ2n) is 3.94. The van der Waals surface area contributed by atoms with Gasteiger partial charge in [0, 0.05) is 17.9 Å². The molecule has 1 N–H and O–H groups in total. The van der Waals surface area contributed by atoms with E-state index in [0.29, 0.717) is 12.3 Å². The van der Waals surface area contributed by atoms with Crippen molar-refractivity contribution < 1.29 is 13.2 Å². The summed E-state index contributed by atoms with van der Waals surface area (Å²) in [6.45, 7) is 2.66. The third-order valence-corrected chi connectivity index (χ3v) is 3.37. The molecule has 0 fully saturated rings. The molecule has 0 saturated heterocycles. The fourth-order valence-electron chi connectivity index (χ4n) is 1.76. The molecule has 0 amide bonds. The van der Waals surface area contributed by atoms with Gasteiger partial charge in [-0.1, -0.05) is 25.1 Å². The van der Waals surface area contributed by atoms with Crippen LogP contribution in [-0.4, -0.2) is 34.1 Å². The predicted molar refractivity (Wildman–Crippen MR) is 69.1 cm³/mol. The summed E-state index contributed by atoms with van der Waals surface area (Å²) in [6, 6.07) is 7.24. The van der Waals surface area contributed by atoms with Crippen molar-refractivity contribution in [3.63, 3.8) is 0 Å². The maximum atomic E-state index is 11.4. The molecule has 0 saturated carbocycles. The number of ether oxygens (including phenoxy) is 1. The van der Waals surface area contributed by atoms with E-state index in [1.165, 1.54) is 6.26 Å². The average Bonchev–Trinajstić information content (AvgIpc) is 2.27. The van der Waals surface area contributed by atoms with E-state index in [9.17, 15) is 8.42 Å². The topological polar surface area (TPSA) is 55.4 Å². The number of benzene rings is 1. The lowest BCUT2D eigenvalue weighted by molar-refractivity contribution is 0.402. The molecule has 0 aliphatic heterocycles. The van der Waals surface area contributed by atoms with Crippen molar-refractivity contribution in [1.29, 1.82) is 0 Å². The summed E-state index contributed by atoms with van der Waals surface area (Å²) < 4.78 is 28.1. The van der Waals surface area contributed by atoms with E-state index in [1.807, 2.05) is 31.2 Å². The number of nitrogens with one attached hydrogen (secondary N) is 1. The molecular formula is C12H19NO3S. The third-order valence-electron chi connectivity index (χ3n) is 2.43. The van der Waals surface area contributed by atoms with Gasteiger partial charge in [0.25, 0.3) is 0 Å². The quantitative estimate of drug-likeness (QED) is 0.836. The van der Waals surface area contributed by atoms with Gasteiger partial charge in [-0.05, 0) is 12.6 Å². The lowest BCUT2D eigenvalue weighted by Crippen LogP contribution is -2.28. The highest BCUT2D eigenvalue weighted by Gasteiger charge is 2.19. The first-order valence-corrected chi connectivity index (χ1v) is 7.58. The van der Waals surface area contributed by atoms with Crippen LogP contribution >= 0.6 is 0 Å². The smallest absolute Gasteiger partial charge is 0.149 e. The minimum Gasteiger partial charge on any atom is -0.496 e. The molecule has 0 spiro atoms. The van der Waals surface area contributed by atoms with Gasteiger partial charge in [0.15, 0.2) is 0 Å². The van der Waals surface area contributed by atoms with Crippen LogP contribution in [0.4, 0.5) is 0 Å². The number of hydrogen-bond donors (Lipinski definition) is 1. The monoisotopic (exact) mass is 257 g/mol. The average molecular weight is 257 g/mol. The minimum atomic E-state index is -3.04. The van der Waals surface area contributed by atoms with Gasteiger partial charge < -0.3 is 10.1 Å². The summed E-state index contributed by atoms with van der Waals surface area (Å²) in [7, 11) is -1.45. The Kier molecular flexibility index (Phi) is 4.96. The van der Waals surface area contributed by atoms with E-state index in [2.05, 4.69) is 5.32 Å². The van der Waals surface area contributed by atoms with E-state index in [-0.39, 0.29) is 11.8 Å². The Morgan fingerprint density at radius 2 is 2.00 bits per heavy atom.